The number of thioether (sulfide) groups is 1. The molecule has 0 spiro atoms. The fourth-order valence-electron chi connectivity index (χ4n) is 2.01. The number of hydrogen-bond donors (Lipinski definition) is 1. The van der Waals surface area contributed by atoms with Gasteiger partial charge in [-0.2, -0.15) is 0 Å². The fourth-order valence-corrected chi connectivity index (χ4v) is 2.90. The number of carbonyl (C=O) groups is 1. The summed E-state index contributed by atoms with van der Waals surface area (Å²) in [6, 6.07) is 4.21. The summed E-state index contributed by atoms with van der Waals surface area (Å²) in [6.45, 7) is 12.5. The third kappa shape index (κ3) is 4.90. The number of carbonyl (C=O) groups excluding carboxylic acids is 1. The van der Waals surface area contributed by atoms with Crippen molar-refractivity contribution in [2.24, 2.45) is 5.92 Å². The number of benzene rings is 1. The summed E-state index contributed by atoms with van der Waals surface area (Å²) >= 11 is 1.71. The summed E-state index contributed by atoms with van der Waals surface area (Å²) in [7, 11) is 0. The largest absolute Gasteiger partial charge is 0.325 e. The molecular formula is C16H25NOS. The van der Waals surface area contributed by atoms with Crippen LogP contribution in [-0.2, 0) is 4.79 Å². The van der Waals surface area contributed by atoms with Crippen LogP contribution in [-0.4, -0.2) is 16.9 Å². The molecule has 3 heteroatoms. The molecule has 0 aliphatic heterocycles. The monoisotopic (exact) mass is 279 g/mol. The number of hydrogen-bond acceptors (Lipinski definition) is 2. The molecule has 0 aromatic heterocycles. The zero-order valence-electron chi connectivity index (χ0n) is 12.8. The summed E-state index contributed by atoms with van der Waals surface area (Å²) < 4.78 is 0. The van der Waals surface area contributed by atoms with Crippen molar-refractivity contribution in [2.45, 2.75) is 46.8 Å². The molecule has 1 aromatic carbocycles. The van der Waals surface area contributed by atoms with Crippen LogP contribution >= 0.6 is 11.8 Å². The number of nitrogens with one attached hydrogen (secondary N) is 1. The smallest absolute Gasteiger partial charge is 0.237 e. The Morgan fingerprint density at radius 2 is 1.68 bits per heavy atom. The molecule has 1 unspecified atom stereocenters. The summed E-state index contributed by atoms with van der Waals surface area (Å²) in [5.74, 6) is 1.73. The van der Waals surface area contributed by atoms with E-state index in [9.17, 15) is 4.79 Å². The van der Waals surface area contributed by atoms with Crippen LogP contribution in [0.4, 0.5) is 5.69 Å². The van der Waals surface area contributed by atoms with Crippen molar-refractivity contribution >= 4 is 23.4 Å². The molecule has 0 radical (unpaired) electrons. The Labute approximate surface area is 121 Å². The minimum atomic E-state index is -0.0116. The van der Waals surface area contributed by atoms with Crippen molar-refractivity contribution in [1.82, 2.24) is 0 Å². The van der Waals surface area contributed by atoms with Crippen LogP contribution in [0.2, 0.25) is 0 Å². The first kappa shape index (κ1) is 16.1. The number of rotatable bonds is 5. The molecule has 0 fully saturated rings. The number of aryl methyl sites for hydroxylation is 3. The van der Waals surface area contributed by atoms with Gasteiger partial charge in [-0.3, -0.25) is 4.79 Å². The zero-order valence-corrected chi connectivity index (χ0v) is 13.6. The molecule has 1 aromatic rings. The molecule has 1 atom stereocenters. The molecule has 0 aliphatic carbocycles. The van der Waals surface area contributed by atoms with E-state index in [1.54, 1.807) is 11.8 Å². The fraction of sp³-hybridized carbons (Fsp3) is 0.562. The van der Waals surface area contributed by atoms with Gasteiger partial charge < -0.3 is 5.32 Å². The predicted molar refractivity (Wildman–Crippen MR) is 86.0 cm³/mol. The van der Waals surface area contributed by atoms with Crippen molar-refractivity contribution < 1.29 is 4.79 Å². The van der Waals surface area contributed by atoms with Gasteiger partial charge in [0.2, 0.25) is 5.91 Å². The molecule has 0 saturated heterocycles. The number of anilines is 1. The third-order valence-corrected chi connectivity index (χ3v) is 4.55. The first-order chi connectivity index (χ1) is 8.81. The van der Waals surface area contributed by atoms with E-state index in [2.05, 4.69) is 38.2 Å². The van der Waals surface area contributed by atoms with Gasteiger partial charge in [0.25, 0.3) is 0 Å². The van der Waals surface area contributed by atoms with E-state index in [1.165, 1.54) is 5.56 Å². The Balaban J connectivity index is 2.72. The van der Waals surface area contributed by atoms with Gasteiger partial charge in [-0.25, -0.2) is 0 Å². The average molecular weight is 279 g/mol. The normalized spacial score (nSPS) is 12.6. The minimum absolute atomic E-state index is 0.0116. The van der Waals surface area contributed by atoms with Crippen molar-refractivity contribution in [1.29, 1.82) is 0 Å². The Morgan fingerprint density at radius 1 is 1.16 bits per heavy atom. The van der Waals surface area contributed by atoms with Gasteiger partial charge in [0.1, 0.15) is 0 Å². The van der Waals surface area contributed by atoms with E-state index in [0.29, 0.717) is 5.92 Å². The molecule has 106 valence electrons. The molecule has 1 N–H and O–H groups in total. The summed E-state index contributed by atoms with van der Waals surface area (Å²) in [4.78, 5) is 12.2. The van der Waals surface area contributed by atoms with Crippen LogP contribution in [0.5, 0.6) is 0 Å². The second kappa shape index (κ2) is 6.99. The van der Waals surface area contributed by atoms with Crippen LogP contribution < -0.4 is 5.32 Å². The summed E-state index contributed by atoms with van der Waals surface area (Å²) in [5, 5.41) is 3.06. The van der Waals surface area contributed by atoms with Crippen molar-refractivity contribution in [2.75, 3.05) is 11.1 Å². The van der Waals surface area contributed by atoms with Gasteiger partial charge in [0.15, 0.2) is 0 Å². The van der Waals surface area contributed by atoms with Crippen molar-refractivity contribution in [3.05, 3.63) is 28.8 Å². The second-order valence-electron chi connectivity index (χ2n) is 5.63. The standard InChI is InChI=1S/C16H25NOS/c1-10(2)9-19-14(6)16(18)17-15-12(4)7-11(3)8-13(15)5/h7-8,10,14H,9H2,1-6H3,(H,17,18). The highest BCUT2D eigenvalue weighted by atomic mass is 32.2. The average Bonchev–Trinajstić information content (AvgIpc) is 2.30. The summed E-state index contributed by atoms with van der Waals surface area (Å²) in [6.07, 6.45) is 0. The van der Waals surface area contributed by atoms with Crippen LogP contribution in [0, 0.1) is 26.7 Å². The van der Waals surface area contributed by atoms with Crippen molar-refractivity contribution in [3.8, 4) is 0 Å². The Morgan fingerprint density at radius 3 is 2.16 bits per heavy atom. The zero-order chi connectivity index (χ0) is 14.6. The van der Waals surface area contributed by atoms with Crippen LogP contribution in [0.15, 0.2) is 12.1 Å². The highest BCUT2D eigenvalue weighted by molar-refractivity contribution is 8.00. The molecule has 19 heavy (non-hydrogen) atoms. The van der Waals surface area contributed by atoms with Gasteiger partial charge in [0, 0.05) is 5.69 Å². The lowest BCUT2D eigenvalue weighted by Crippen LogP contribution is -2.24. The maximum absolute atomic E-state index is 12.2. The highest BCUT2D eigenvalue weighted by Gasteiger charge is 2.16. The van der Waals surface area contributed by atoms with E-state index < -0.39 is 0 Å². The van der Waals surface area contributed by atoms with Gasteiger partial charge in [-0.15, -0.1) is 11.8 Å². The van der Waals surface area contributed by atoms with Crippen molar-refractivity contribution in [3.63, 3.8) is 0 Å². The Hall–Kier alpha value is -0.960. The van der Waals surface area contributed by atoms with Gasteiger partial charge in [-0.05, 0) is 50.5 Å². The second-order valence-corrected chi connectivity index (χ2v) is 7.01. The maximum atomic E-state index is 12.2. The van der Waals surface area contributed by atoms with Crippen LogP contribution in [0.25, 0.3) is 0 Å². The van der Waals surface area contributed by atoms with Gasteiger partial charge >= 0.3 is 0 Å². The summed E-state index contributed by atoms with van der Waals surface area (Å²) in [5.41, 5.74) is 4.46. The van der Waals surface area contributed by atoms with E-state index in [0.717, 1.165) is 22.6 Å². The van der Waals surface area contributed by atoms with Gasteiger partial charge in [0.05, 0.1) is 5.25 Å². The maximum Gasteiger partial charge on any atom is 0.237 e. The Kier molecular flexibility index (Phi) is 5.92. The lowest BCUT2D eigenvalue weighted by Gasteiger charge is -2.16. The van der Waals surface area contributed by atoms with Crippen LogP contribution in [0.3, 0.4) is 0 Å². The first-order valence-corrected chi connectivity index (χ1v) is 7.86. The molecule has 0 saturated carbocycles. The minimum Gasteiger partial charge on any atom is -0.325 e. The topological polar surface area (TPSA) is 29.1 Å². The molecule has 0 bridgehead atoms. The SMILES string of the molecule is Cc1cc(C)c(NC(=O)C(C)SCC(C)C)c(C)c1. The highest BCUT2D eigenvalue weighted by Crippen LogP contribution is 2.23. The lowest BCUT2D eigenvalue weighted by atomic mass is 10.1. The van der Waals surface area contributed by atoms with E-state index in [-0.39, 0.29) is 11.2 Å². The molecule has 1 amide bonds. The Bertz CT molecular complexity index is 431. The van der Waals surface area contributed by atoms with E-state index >= 15 is 0 Å². The predicted octanol–water partition coefficient (Wildman–Crippen LogP) is 4.33. The molecule has 1 rings (SSSR count). The van der Waals surface area contributed by atoms with E-state index in [4.69, 9.17) is 0 Å². The lowest BCUT2D eigenvalue weighted by molar-refractivity contribution is -0.115. The number of amides is 1. The quantitative estimate of drug-likeness (QED) is 0.869. The van der Waals surface area contributed by atoms with Gasteiger partial charge in [-0.1, -0.05) is 31.5 Å². The first-order valence-electron chi connectivity index (χ1n) is 6.81. The molecule has 0 aliphatic rings. The third-order valence-electron chi connectivity index (χ3n) is 2.97. The van der Waals surface area contributed by atoms with E-state index in [1.807, 2.05) is 20.8 Å². The van der Waals surface area contributed by atoms with Crippen LogP contribution in [0.1, 0.15) is 37.5 Å². The molecular weight excluding hydrogens is 254 g/mol. The molecule has 0 heterocycles. The molecule has 2 nitrogen and oxygen atoms in total.